The van der Waals surface area contributed by atoms with Crippen LogP contribution in [0.3, 0.4) is 0 Å². The first-order chi connectivity index (χ1) is 12.2. The van der Waals surface area contributed by atoms with Gasteiger partial charge in [-0.2, -0.15) is 0 Å². The van der Waals surface area contributed by atoms with Crippen LogP contribution in [0.25, 0.3) is 11.3 Å². The Bertz CT molecular complexity index is 931. The Morgan fingerprint density at radius 1 is 1.00 bits per heavy atom. The Morgan fingerprint density at radius 3 is 2.35 bits per heavy atom. The lowest BCUT2D eigenvalue weighted by Gasteiger charge is -2.18. The summed E-state index contributed by atoms with van der Waals surface area (Å²) < 4.78 is 10.8. The molecular formula is C22H23NO3. The minimum atomic E-state index is -0.534. The van der Waals surface area contributed by atoms with Crippen molar-refractivity contribution in [1.29, 1.82) is 0 Å². The number of benzene rings is 2. The average Bonchev–Trinajstić information content (AvgIpc) is 3.07. The lowest BCUT2D eigenvalue weighted by atomic mass is 9.87. The van der Waals surface area contributed by atoms with Crippen LogP contribution in [0.1, 0.15) is 48.0 Å². The van der Waals surface area contributed by atoms with Crippen molar-refractivity contribution in [3.63, 3.8) is 0 Å². The van der Waals surface area contributed by atoms with Crippen LogP contribution in [0.15, 0.2) is 53.1 Å². The third-order valence-electron chi connectivity index (χ3n) is 4.31. The van der Waals surface area contributed by atoms with Crippen LogP contribution in [0.2, 0.25) is 0 Å². The quantitative estimate of drug-likeness (QED) is 0.464. The van der Waals surface area contributed by atoms with Gasteiger partial charge in [0.05, 0.1) is 0 Å². The maximum Gasteiger partial charge on any atom is 0.365 e. The number of rotatable bonds is 3. The molecule has 0 saturated heterocycles. The van der Waals surface area contributed by atoms with Crippen molar-refractivity contribution >= 4 is 5.97 Å². The molecular weight excluding hydrogens is 326 g/mol. The molecule has 0 atom stereocenters. The minimum absolute atomic E-state index is 0.0508. The summed E-state index contributed by atoms with van der Waals surface area (Å²) in [5, 5.41) is 3.87. The third kappa shape index (κ3) is 3.85. The molecule has 0 aliphatic carbocycles. The van der Waals surface area contributed by atoms with Crippen LogP contribution < -0.4 is 4.74 Å². The molecule has 3 rings (SSSR count). The van der Waals surface area contributed by atoms with E-state index in [2.05, 4.69) is 25.9 Å². The van der Waals surface area contributed by atoms with Gasteiger partial charge in [0.25, 0.3) is 0 Å². The first-order valence-corrected chi connectivity index (χ1v) is 8.61. The zero-order valence-corrected chi connectivity index (χ0v) is 15.8. The van der Waals surface area contributed by atoms with Gasteiger partial charge in [0.15, 0.2) is 11.5 Å². The molecule has 26 heavy (non-hydrogen) atoms. The molecule has 0 bridgehead atoms. The molecule has 3 aromatic rings. The minimum Gasteiger partial charge on any atom is -0.422 e. The lowest BCUT2D eigenvalue weighted by Crippen LogP contribution is -2.12. The van der Waals surface area contributed by atoms with E-state index in [1.807, 2.05) is 44.2 Å². The fourth-order valence-electron chi connectivity index (χ4n) is 2.68. The van der Waals surface area contributed by atoms with Gasteiger partial charge in [-0.05, 0) is 48.6 Å². The Labute approximate surface area is 153 Å². The summed E-state index contributed by atoms with van der Waals surface area (Å²) in [7, 11) is 0. The highest BCUT2D eigenvalue weighted by Gasteiger charge is 2.18. The largest absolute Gasteiger partial charge is 0.422 e. The summed E-state index contributed by atoms with van der Waals surface area (Å²) in [5.74, 6) is 0.509. The number of nitrogens with zero attached hydrogens (tertiary/aromatic N) is 1. The Balaban J connectivity index is 1.77. The van der Waals surface area contributed by atoms with Crippen molar-refractivity contribution in [2.75, 3.05) is 0 Å². The molecule has 134 valence electrons. The van der Waals surface area contributed by atoms with E-state index in [0.717, 1.165) is 16.7 Å². The molecule has 0 unspecified atom stereocenters. The molecule has 2 aromatic carbocycles. The summed E-state index contributed by atoms with van der Waals surface area (Å²) in [6.45, 7) is 10.4. The summed E-state index contributed by atoms with van der Waals surface area (Å²) in [6, 6.07) is 15.2. The summed E-state index contributed by atoms with van der Waals surface area (Å²) >= 11 is 0. The fraction of sp³-hybridized carbons (Fsp3) is 0.273. The van der Waals surface area contributed by atoms with Gasteiger partial charge >= 0.3 is 5.97 Å². The molecule has 0 spiro atoms. The highest BCUT2D eigenvalue weighted by Crippen LogP contribution is 2.27. The first-order valence-electron chi connectivity index (χ1n) is 8.61. The van der Waals surface area contributed by atoms with Crippen molar-refractivity contribution in [2.45, 2.75) is 40.0 Å². The first kappa shape index (κ1) is 17.9. The third-order valence-corrected chi connectivity index (χ3v) is 4.31. The van der Waals surface area contributed by atoms with Gasteiger partial charge < -0.3 is 9.26 Å². The summed E-state index contributed by atoms with van der Waals surface area (Å²) in [5.41, 5.74) is 4.48. The average molecular weight is 349 g/mol. The van der Waals surface area contributed by atoms with Crippen LogP contribution in [0, 0.1) is 13.8 Å². The number of esters is 1. The van der Waals surface area contributed by atoms with E-state index in [4.69, 9.17) is 9.26 Å². The summed E-state index contributed by atoms with van der Waals surface area (Å²) in [4.78, 5) is 12.3. The number of aromatic nitrogens is 1. The predicted octanol–water partition coefficient (Wildman–Crippen LogP) is 5.48. The molecule has 0 aliphatic heterocycles. The molecule has 4 heteroatoms. The van der Waals surface area contributed by atoms with Crippen LogP contribution in [-0.4, -0.2) is 11.1 Å². The Morgan fingerprint density at radius 2 is 1.69 bits per heavy atom. The van der Waals surface area contributed by atoms with Crippen LogP contribution in [-0.2, 0) is 5.41 Å². The van der Waals surface area contributed by atoms with Gasteiger partial charge in [-0.1, -0.05) is 55.8 Å². The maximum atomic E-state index is 12.3. The van der Waals surface area contributed by atoms with Gasteiger partial charge in [-0.25, -0.2) is 4.79 Å². The SMILES string of the molecule is Cc1ccc(C)c(-c2cc(C(=O)Oc3ccc(C(C)(C)C)cc3)no2)c1. The molecule has 0 amide bonds. The normalized spacial score (nSPS) is 11.4. The molecule has 0 radical (unpaired) electrons. The van der Waals surface area contributed by atoms with Gasteiger partial charge in [-0.3, -0.25) is 0 Å². The topological polar surface area (TPSA) is 52.3 Å². The second kappa shape index (κ2) is 6.79. The van der Waals surface area contributed by atoms with Crippen molar-refractivity contribution in [2.24, 2.45) is 0 Å². The molecule has 0 saturated carbocycles. The van der Waals surface area contributed by atoms with Crippen molar-refractivity contribution in [3.8, 4) is 17.1 Å². The number of aryl methyl sites for hydroxylation is 2. The highest BCUT2D eigenvalue weighted by molar-refractivity contribution is 5.90. The van der Waals surface area contributed by atoms with E-state index < -0.39 is 5.97 Å². The van der Waals surface area contributed by atoms with E-state index in [0.29, 0.717) is 11.5 Å². The second-order valence-corrected chi connectivity index (χ2v) is 7.56. The number of hydrogen-bond donors (Lipinski definition) is 0. The van der Waals surface area contributed by atoms with Crippen LogP contribution >= 0.6 is 0 Å². The number of carbonyl (C=O) groups excluding carboxylic acids is 1. The van der Waals surface area contributed by atoms with Crippen molar-refractivity contribution < 1.29 is 14.1 Å². The monoisotopic (exact) mass is 349 g/mol. The molecule has 0 fully saturated rings. The lowest BCUT2D eigenvalue weighted by molar-refractivity contribution is 0.0724. The van der Waals surface area contributed by atoms with Crippen LogP contribution in [0.4, 0.5) is 0 Å². The summed E-state index contributed by atoms with van der Waals surface area (Å²) in [6.07, 6.45) is 0. The van der Waals surface area contributed by atoms with E-state index >= 15 is 0 Å². The van der Waals surface area contributed by atoms with Crippen molar-refractivity contribution in [3.05, 3.63) is 70.9 Å². The van der Waals surface area contributed by atoms with Gasteiger partial charge in [0.1, 0.15) is 5.75 Å². The highest BCUT2D eigenvalue weighted by atomic mass is 16.5. The molecule has 0 aliphatic rings. The van der Waals surface area contributed by atoms with E-state index in [1.165, 1.54) is 5.56 Å². The van der Waals surface area contributed by atoms with Crippen molar-refractivity contribution in [1.82, 2.24) is 5.16 Å². The number of hydrogen-bond acceptors (Lipinski definition) is 4. The molecule has 1 heterocycles. The van der Waals surface area contributed by atoms with Crippen LogP contribution in [0.5, 0.6) is 5.75 Å². The molecule has 1 aromatic heterocycles. The second-order valence-electron chi connectivity index (χ2n) is 7.56. The molecule has 4 nitrogen and oxygen atoms in total. The number of ether oxygens (including phenoxy) is 1. The molecule has 0 N–H and O–H groups in total. The zero-order valence-electron chi connectivity index (χ0n) is 15.8. The number of carbonyl (C=O) groups is 1. The fourth-order valence-corrected chi connectivity index (χ4v) is 2.68. The zero-order chi connectivity index (χ0) is 18.9. The maximum absolute atomic E-state index is 12.3. The van der Waals surface area contributed by atoms with Gasteiger partial charge in [-0.15, -0.1) is 0 Å². The van der Waals surface area contributed by atoms with E-state index in [9.17, 15) is 4.79 Å². The smallest absolute Gasteiger partial charge is 0.365 e. The Hall–Kier alpha value is -2.88. The van der Waals surface area contributed by atoms with E-state index in [-0.39, 0.29) is 11.1 Å². The van der Waals surface area contributed by atoms with Gasteiger partial charge in [0, 0.05) is 11.6 Å². The van der Waals surface area contributed by atoms with E-state index in [1.54, 1.807) is 18.2 Å². The Kier molecular flexibility index (Phi) is 4.68. The predicted molar refractivity (Wildman–Crippen MR) is 102 cm³/mol. The standard InChI is InChI=1S/C22H23NO3/c1-14-6-7-15(2)18(12-14)20-13-19(23-26-20)21(24)25-17-10-8-16(9-11-17)22(3,4)5/h6-13H,1-5H3. The van der Waals surface area contributed by atoms with Gasteiger partial charge in [0.2, 0.25) is 0 Å².